The van der Waals surface area contributed by atoms with Gasteiger partial charge >= 0.3 is 0 Å². The molecule has 1 aromatic heterocycles. The van der Waals surface area contributed by atoms with E-state index in [1.165, 1.54) is 17.6 Å². The lowest BCUT2D eigenvalue weighted by atomic mass is 10.0. The maximum Gasteiger partial charge on any atom is 0.294 e. The van der Waals surface area contributed by atoms with E-state index in [-0.39, 0.29) is 31.5 Å². The Balaban J connectivity index is 1.57. The van der Waals surface area contributed by atoms with Crippen LogP contribution in [0, 0.1) is 18.2 Å². The number of hydrogen-bond donors (Lipinski definition) is 1. The highest BCUT2D eigenvalue weighted by Gasteiger charge is 2.31. The number of aromatic nitrogens is 2. The monoisotopic (exact) mass is 540 g/mol. The van der Waals surface area contributed by atoms with Crippen molar-refractivity contribution < 1.29 is 18.0 Å². The van der Waals surface area contributed by atoms with Crippen molar-refractivity contribution in [2.45, 2.75) is 38.9 Å². The lowest BCUT2D eigenvalue weighted by molar-refractivity contribution is 0.0479. The minimum atomic E-state index is -3.43. The first-order valence-corrected chi connectivity index (χ1v) is 12.2. The van der Waals surface area contributed by atoms with Crippen LogP contribution < -0.4 is 10.9 Å². The molecule has 10 heteroatoms. The fraction of sp³-hybridized carbons (Fsp3) is 0.250. The van der Waals surface area contributed by atoms with Crippen LogP contribution in [0.4, 0.5) is 19.1 Å². The molecule has 0 aliphatic carbocycles. The van der Waals surface area contributed by atoms with E-state index >= 15 is 0 Å². The van der Waals surface area contributed by atoms with Gasteiger partial charge in [0.15, 0.2) is 0 Å². The quantitative estimate of drug-likeness (QED) is 0.332. The number of carbonyl (C=O) groups is 1. The molecular weight excluding hydrogens is 517 g/mol. The number of carbonyl (C=O) groups excluding carboxylic acids is 1. The summed E-state index contributed by atoms with van der Waals surface area (Å²) >= 11 is 5.91. The van der Waals surface area contributed by atoms with Gasteiger partial charge in [-0.3, -0.25) is 14.2 Å². The summed E-state index contributed by atoms with van der Waals surface area (Å²) < 4.78 is 43.9. The SMILES string of the molecule is C#CCn1c(NCc2ccc(C(F)(F)C=CC)c(F)c2)nc2c(c1=O)CN(C(=O)c1ccc(Cl)cc1)CC2. The van der Waals surface area contributed by atoms with Crippen LogP contribution in [0.25, 0.3) is 0 Å². The Morgan fingerprint density at radius 2 is 2.00 bits per heavy atom. The molecule has 1 aliphatic heterocycles. The first-order valence-electron chi connectivity index (χ1n) is 11.8. The maximum atomic E-state index is 14.5. The van der Waals surface area contributed by atoms with Crippen molar-refractivity contribution in [2.24, 2.45) is 0 Å². The van der Waals surface area contributed by atoms with Gasteiger partial charge in [0, 0.05) is 30.1 Å². The lowest BCUT2D eigenvalue weighted by Gasteiger charge is -2.29. The maximum absolute atomic E-state index is 14.5. The number of alkyl halides is 2. The van der Waals surface area contributed by atoms with E-state index in [0.717, 1.165) is 18.2 Å². The summed E-state index contributed by atoms with van der Waals surface area (Å²) in [6.45, 7) is 1.78. The lowest BCUT2D eigenvalue weighted by Crippen LogP contribution is -2.41. The van der Waals surface area contributed by atoms with Crippen molar-refractivity contribution in [1.82, 2.24) is 14.5 Å². The van der Waals surface area contributed by atoms with Gasteiger partial charge in [0.25, 0.3) is 17.4 Å². The summed E-state index contributed by atoms with van der Waals surface area (Å²) in [6, 6.07) is 9.93. The molecule has 0 bridgehead atoms. The third-order valence-electron chi connectivity index (χ3n) is 6.16. The van der Waals surface area contributed by atoms with Gasteiger partial charge in [0.05, 0.1) is 29.9 Å². The molecule has 0 spiro atoms. The Labute approximate surface area is 222 Å². The van der Waals surface area contributed by atoms with Crippen molar-refractivity contribution in [2.75, 3.05) is 11.9 Å². The second kappa shape index (κ2) is 11.2. The zero-order valence-corrected chi connectivity index (χ0v) is 21.2. The molecule has 1 N–H and O–H groups in total. The highest BCUT2D eigenvalue weighted by Crippen LogP contribution is 2.32. The van der Waals surface area contributed by atoms with Gasteiger partial charge < -0.3 is 10.2 Å². The third-order valence-corrected chi connectivity index (χ3v) is 6.41. The van der Waals surface area contributed by atoms with E-state index in [1.54, 1.807) is 29.2 Å². The fourth-order valence-electron chi connectivity index (χ4n) is 4.26. The predicted molar refractivity (Wildman–Crippen MR) is 140 cm³/mol. The van der Waals surface area contributed by atoms with E-state index in [1.807, 2.05) is 0 Å². The number of amides is 1. The van der Waals surface area contributed by atoms with Crippen LogP contribution in [0.3, 0.4) is 0 Å². The number of halogens is 4. The minimum Gasteiger partial charge on any atom is -0.351 e. The van der Waals surface area contributed by atoms with Gasteiger partial charge in [-0.1, -0.05) is 29.7 Å². The number of benzene rings is 2. The largest absolute Gasteiger partial charge is 0.351 e. The summed E-state index contributed by atoms with van der Waals surface area (Å²) in [6.07, 6.45) is 7.62. The Morgan fingerprint density at radius 3 is 2.66 bits per heavy atom. The molecule has 3 aromatic rings. The van der Waals surface area contributed by atoms with Crippen LogP contribution in [-0.2, 0) is 32.0 Å². The second-order valence-electron chi connectivity index (χ2n) is 8.73. The molecule has 2 heterocycles. The smallest absolute Gasteiger partial charge is 0.294 e. The van der Waals surface area contributed by atoms with Gasteiger partial charge in [0.2, 0.25) is 5.95 Å². The Kier molecular flexibility index (Phi) is 7.93. The van der Waals surface area contributed by atoms with E-state index in [9.17, 15) is 22.8 Å². The number of rotatable bonds is 7. The van der Waals surface area contributed by atoms with E-state index in [4.69, 9.17) is 18.0 Å². The first-order chi connectivity index (χ1) is 18.1. The van der Waals surface area contributed by atoms with Crippen molar-refractivity contribution in [3.8, 4) is 12.3 Å². The number of anilines is 1. The van der Waals surface area contributed by atoms with Gasteiger partial charge in [-0.15, -0.1) is 6.42 Å². The number of terminal acetylenes is 1. The summed E-state index contributed by atoms with van der Waals surface area (Å²) in [7, 11) is 0. The predicted octanol–water partition coefficient (Wildman–Crippen LogP) is 5.15. The van der Waals surface area contributed by atoms with Crippen LogP contribution in [0.15, 0.2) is 59.4 Å². The van der Waals surface area contributed by atoms with Crippen LogP contribution in [0.2, 0.25) is 5.02 Å². The Morgan fingerprint density at radius 1 is 1.26 bits per heavy atom. The summed E-state index contributed by atoms with van der Waals surface area (Å²) in [5.74, 6) is -2.11. The standard InChI is InChI=1S/C28H24ClF3N4O2/c1-3-12-28(31,32)22-10-5-18(15-23(22)30)16-33-27-34-24-11-14-35(17-21(24)26(38)36(27)13-4-2)25(37)19-6-8-20(29)9-7-19/h2-3,5-10,12,15H,11,13-14,16-17H2,1H3,(H,33,34). The van der Waals surface area contributed by atoms with Gasteiger partial charge in [-0.05, 0) is 55.0 Å². The molecule has 0 atom stereocenters. The van der Waals surface area contributed by atoms with Crippen molar-refractivity contribution >= 4 is 23.5 Å². The number of nitrogens with one attached hydrogen (secondary N) is 1. The van der Waals surface area contributed by atoms with Crippen LogP contribution >= 0.6 is 11.6 Å². The average Bonchev–Trinajstić information content (AvgIpc) is 2.89. The molecule has 0 fully saturated rings. The van der Waals surface area contributed by atoms with E-state index < -0.39 is 22.9 Å². The number of nitrogens with zero attached hydrogens (tertiary/aromatic N) is 3. The molecule has 4 rings (SSSR count). The zero-order chi connectivity index (χ0) is 27.4. The minimum absolute atomic E-state index is 0.0172. The third kappa shape index (κ3) is 5.60. The average molecular weight is 541 g/mol. The van der Waals surface area contributed by atoms with Crippen LogP contribution in [0.5, 0.6) is 0 Å². The number of fused-ring (bicyclic) bond motifs is 1. The summed E-state index contributed by atoms with van der Waals surface area (Å²) in [5.41, 5.74) is 0.598. The molecule has 0 radical (unpaired) electrons. The fourth-order valence-corrected chi connectivity index (χ4v) is 4.38. The molecule has 6 nitrogen and oxygen atoms in total. The Bertz CT molecular complexity index is 1490. The topological polar surface area (TPSA) is 67.2 Å². The van der Waals surface area contributed by atoms with Gasteiger partial charge in [-0.25, -0.2) is 9.37 Å². The summed E-state index contributed by atoms with van der Waals surface area (Å²) in [4.78, 5) is 32.4. The number of allylic oxidation sites excluding steroid dienone is 2. The normalized spacial score (nSPS) is 13.3. The van der Waals surface area contributed by atoms with Crippen molar-refractivity contribution in [3.63, 3.8) is 0 Å². The molecule has 0 saturated carbocycles. The van der Waals surface area contributed by atoms with E-state index in [0.29, 0.717) is 46.4 Å². The van der Waals surface area contributed by atoms with Gasteiger partial charge in [-0.2, -0.15) is 8.78 Å². The molecule has 1 amide bonds. The Hall–Kier alpha value is -4.03. The highest BCUT2D eigenvalue weighted by atomic mass is 35.5. The summed E-state index contributed by atoms with van der Waals surface area (Å²) in [5, 5.41) is 3.49. The van der Waals surface area contributed by atoms with Gasteiger partial charge in [0.1, 0.15) is 5.82 Å². The first kappa shape index (κ1) is 27.0. The molecule has 38 heavy (non-hydrogen) atoms. The molecule has 1 aliphatic rings. The molecule has 0 unspecified atom stereocenters. The number of hydrogen-bond acceptors (Lipinski definition) is 4. The second-order valence-corrected chi connectivity index (χ2v) is 9.17. The molecule has 0 saturated heterocycles. The van der Waals surface area contributed by atoms with E-state index in [2.05, 4.69) is 16.2 Å². The zero-order valence-electron chi connectivity index (χ0n) is 20.5. The molecule has 196 valence electrons. The molecular formula is C28H24ClF3N4O2. The highest BCUT2D eigenvalue weighted by molar-refractivity contribution is 6.30. The van der Waals surface area contributed by atoms with Crippen molar-refractivity contribution in [1.29, 1.82) is 0 Å². The van der Waals surface area contributed by atoms with Crippen molar-refractivity contribution in [3.05, 3.63) is 104 Å². The van der Waals surface area contributed by atoms with Crippen LogP contribution in [0.1, 0.15) is 39.7 Å². The molecule has 2 aromatic carbocycles. The van der Waals surface area contributed by atoms with Crippen LogP contribution in [-0.4, -0.2) is 26.9 Å².